The van der Waals surface area contributed by atoms with Crippen LogP contribution in [-0.4, -0.2) is 30.5 Å². The van der Waals surface area contributed by atoms with Crippen LogP contribution in [0.5, 0.6) is 0 Å². The lowest BCUT2D eigenvalue weighted by atomic mass is 9.55. The largest absolute Gasteiger partial charge is 0.389 e. The van der Waals surface area contributed by atoms with Crippen molar-refractivity contribution in [2.75, 3.05) is 13.7 Å². The van der Waals surface area contributed by atoms with Crippen molar-refractivity contribution in [2.24, 2.45) is 16.6 Å². The minimum absolute atomic E-state index is 0.0836. The third-order valence-corrected chi connectivity index (χ3v) is 5.95. The summed E-state index contributed by atoms with van der Waals surface area (Å²) >= 11 is 0. The monoisotopic (exact) mass is 269 g/mol. The van der Waals surface area contributed by atoms with E-state index in [0.29, 0.717) is 12.0 Å². The standard InChI is InChI=1S/C16H31NO2/c1-14(2)7-9-15(12-17,10-8-14)16(18)6-4-5-13(11-16)19-3/h13,18H,4-12,17H2,1-3H3. The number of nitrogens with two attached hydrogens (primary N) is 1. The zero-order valence-corrected chi connectivity index (χ0v) is 12.9. The highest BCUT2D eigenvalue weighted by atomic mass is 16.5. The predicted octanol–water partition coefficient (Wildman–Crippen LogP) is 2.85. The maximum atomic E-state index is 11.3. The fourth-order valence-corrected chi connectivity index (χ4v) is 4.15. The van der Waals surface area contributed by atoms with E-state index in [4.69, 9.17) is 10.5 Å². The summed E-state index contributed by atoms with van der Waals surface area (Å²) in [6.45, 7) is 5.27. The molecule has 3 N–H and O–H groups in total. The fraction of sp³-hybridized carbons (Fsp3) is 1.00. The van der Waals surface area contributed by atoms with E-state index in [1.165, 1.54) is 12.8 Å². The van der Waals surface area contributed by atoms with Gasteiger partial charge < -0.3 is 15.6 Å². The van der Waals surface area contributed by atoms with E-state index in [1.54, 1.807) is 7.11 Å². The molecule has 2 aliphatic carbocycles. The smallest absolute Gasteiger partial charge is 0.0740 e. The number of hydrogen-bond donors (Lipinski definition) is 2. The molecule has 0 amide bonds. The van der Waals surface area contributed by atoms with Crippen LogP contribution >= 0.6 is 0 Å². The first-order chi connectivity index (χ1) is 8.86. The molecule has 3 nitrogen and oxygen atoms in total. The highest BCUT2D eigenvalue weighted by Crippen LogP contribution is 2.54. The van der Waals surface area contributed by atoms with Crippen molar-refractivity contribution in [2.45, 2.75) is 76.9 Å². The van der Waals surface area contributed by atoms with E-state index in [0.717, 1.165) is 38.5 Å². The molecular formula is C16H31NO2. The molecule has 2 aliphatic rings. The molecule has 0 radical (unpaired) electrons. The van der Waals surface area contributed by atoms with Gasteiger partial charge in [0, 0.05) is 25.5 Å². The maximum Gasteiger partial charge on any atom is 0.0740 e. The SMILES string of the molecule is COC1CCCC(O)(C2(CN)CCC(C)(C)CC2)C1. The summed E-state index contributed by atoms with van der Waals surface area (Å²) in [5.74, 6) is 0. The van der Waals surface area contributed by atoms with Gasteiger partial charge in [0.15, 0.2) is 0 Å². The molecule has 2 saturated carbocycles. The molecule has 0 aromatic rings. The van der Waals surface area contributed by atoms with Crippen LogP contribution in [0.1, 0.15) is 65.2 Å². The molecule has 0 bridgehead atoms. The van der Waals surface area contributed by atoms with Crippen LogP contribution in [0.2, 0.25) is 0 Å². The third kappa shape index (κ3) is 2.84. The van der Waals surface area contributed by atoms with Crippen molar-refractivity contribution in [3.8, 4) is 0 Å². The predicted molar refractivity (Wildman–Crippen MR) is 78.0 cm³/mol. The molecule has 2 fully saturated rings. The van der Waals surface area contributed by atoms with Gasteiger partial charge >= 0.3 is 0 Å². The Labute approximate surface area is 117 Å². The molecule has 0 aliphatic heterocycles. The average Bonchev–Trinajstić information content (AvgIpc) is 2.39. The number of rotatable bonds is 3. The normalized spacial score (nSPS) is 38.1. The Morgan fingerprint density at radius 1 is 1.16 bits per heavy atom. The van der Waals surface area contributed by atoms with Crippen molar-refractivity contribution in [3.05, 3.63) is 0 Å². The van der Waals surface area contributed by atoms with Crippen molar-refractivity contribution in [1.29, 1.82) is 0 Å². The van der Waals surface area contributed by atoms with E-state index in [2.05, 4.69) is 13.8 Å². The Morgan fingerprint density at radius 2 is 1.79 bits per heavy atom. The van der Waals surface area contributed by atoms with E-state index in [9.17, 15) is 5.11 Å². The van der Waals surface area contributed by atoms with Gasteiger partial charge in [-0.05, 0) is 50.4 Å². The highest BCUT2D eigenvalue weighted by Gasteiger charge is 2.53. The van der Waals surface area contributed by atoms with Crippen molar-refractivity contribution < 1.29 is 9.84 Å². The lowest BCUT2D eigenvalue weighted by Crippen LogP contribution is -2.57. The average molecular weight is 269 g/mol. The van der Waals surface area contributed by atoms with Crippen molar-refractivity contribution in [1.82, 2.24) is 0 Å². The Balaban J connectivity index is 2.16. The second-order valence-corrected chi connectivity index (χ2v) is 7.63. The fourth-order valence-electron chi connectivity index (χ4n) is 4.15. The van der Waals surface area contributed by atoms with Gasteiger partial charge in [0.05, 0.1) is 11.7 Å². The van der Waals surface area contributed by atoms with Crippen molar-refractivity contribution >= 4 is 0 Å². The Morgan fingerprint density at radius 3 is 2.32 bits per heavy atom. The molecule has 2 rings (SSSR count). The topological polar surface area (TPSA) is 55.5 Å². The Bertz CT molecular complexity index is 306. The molecule has 19 heavy (non-hydrogen) atoms. The molecule has 0 aromatic heterocycles. The molecule has 2 atom stereocenters. The number of hydrogen-bond acceptors (Lipinski definition) is 3. The third-order valence-electron chi connectivity index (χ3n) is 5.95. The van der Waals surface area contributed by atoms with E-state index < -0.39 is 5.60 Å². The minimum Gasteiger partial charge on any atom is -0.389 e. The zero-order chi connectivity index (χ0) is 14.1. The van der Waals surface area contributed by atoms with Gasteiger partial charge in [-0.3, -0.25) is 0 Å². The van der Waals surface area contributed by atoms with Crippen LogP contribution in [0.25, 0.3) is 0 Å². The molecule has 2 unspecified atom stereocenters. The van der Waals surface area contributed by atoms with Gasteiger partial charge in [0.2, 0.25) is 0 Å². The van der Waals surface area contributed by atoms with Crippen LogP contribution in [0, 0.1) is 10.8 Å². The maximum absolute atomic E-state index is 11.3. The highest BCUT2D eigenvalue weighted by molar-refractivity contribution is 5.05. The Kier molecular flexibility index (Phi) is 4.29. The summed E-state index contributed by atoms with van der Waals surface area (Å²) in [6, 6.07) is 0. The van der Waals surface area contributed by atoms with Crippen LogP contribution < -0.4 is 5.73 Å². The second kappa shape index (κ2) is 5.34. The van der Waals surface area contributed by atoms with Crippen LogP contribution in [-0.2, 0) is 4.74 Å². The Hall–Kier alpha value is -0.120. The second-order valence-electron chi connectivity index (χ2n) is 7.63. The quantitative estimate of drug-likeness (QED) is 0.828. The van der Waals surface area contributed by atoms with E-state index in [1.807, 2.05) is 0 Å². The summed E-state index contributed by atoms with van der Waals surface area (Å²) < 4.78 is 5.51. The molecule has 0 heterocycles. The summed E-state index contributed by atoms with van der Waals surface area (Å²) in [4.78, 5) is 0. The minimum atomic E-state index is -0.614. The molecule has 0 aromatic carbocycles. The molecule has 112 valence electrons. The van der Waals surface area contributed by atoms with Gasteiger partial charge in [0.25, 0.3) is 0 Å². The first-order valence-corrected chi connectivity index (χ1v) is 7.82. The van der Waals surface area contributed by atoms with Gasteiger partial charge in [-0.2, -0.15) is 0 Å². The molecule has 3 heteroatoms. The first kappa shape index (κ1) is 15.3. The van der Waals surface area contributed by atoms with Crippen LogP contribution in [0.15, 0.2) is 0 Å². The lowest BCUT2D eigenvalue weighted by molar-refractivity contribution is -0.156. The van der Waals surface area contributed by atoms with Gasteiger partial charge in [-0.25, -0.2) is 0 Å². The molecular weight excluding hydrogens is 238 g/mol. The summed E-state index contributed by atoms with van der Waals surface area (Å²) in [5, 5.41) is 11.3. The first-order valence-electron chi connectivity index (χ1n) is 7.82. The molecule has 0 saturated heterocycles. The van der Waals surface area contributed by atoms with Gasteiger partial charge in [0.1, 0.15) is 0 Å². The lowest BCUT2D eigenvalue weighted by Gasteiger charge is -2.54. The van der Waals surface area contributed by atoms with E-state index >= 15 is 0 Å². The zero-order valence-electron chi connectivity index (χ0n) is 12.9. The summed E-state index contributed by atoms with van der Waals surface area (Å²) in [7, 11) is 1.76. The van der Waals surface area contributed by atoms with Crippen LogP contribution in [0.4, 0.5) is 0 Å². The number of aliphatic hydroxyl groups is 1. The van der Waals surface area contributed by atoms with Gasteiger partial charge in [-0.1, -0.05) is 13.8 Å². The number of ether oxygens (including phenoxy) is 1. The van der Waals surface area contributed by atoms with E-state index in [-0.39, 0.29) is 11.5 Å². The summed E-state index contributed by atoms with van der Waals surface area (Å²) in [5.41, 5.74) is 5.84. The number of methoxy groups -OCH3 is 1. The van der Waals surface area contributed by atoms with Gasteiger partial charge in [-0.15, -0.1) is 0 Å². The molecule has 0 spiro atoms. The van der Waals surface area contributed by atoms with Crippen LogP contribution in [0.3, 0.4) is 0 Å². The van der Waals surface area contributed by atoms with Crippen molar-refractivity contribution in [3.63, 3.8) is 0 Å². The summed E-state index contributed by atoms with van der Waals surface area (Å²) in [6.07, 6.45) is 8.45.